The zero-order valence-corrected chi connectivity index (χ0v) is 11.5. The average molecular weight is 276 g/mol. The summed E-state index contributed by atoms with van der Waals surface area (Å²) in [5, 5.41) is 0.740. The molecule has 1 unspecified atom stereocenters. The van der Waals surface area contributed by atoms with Gasteiger partial charge in [0.25, 0.3) is 0 Å². The summed E-state index contributed by atoms with van der Waals surface area (Å²) in [5.74, 6) is 0.209. The summed E-state index contributed by atoms with van der Waals surface area (Å²) in [6.45, 7) is 1.80. The lowest BCUT2D eigenvalue weighted by Gasteiger charge is -2.15. The highest BCUT2D eigenvalue weighted by molar-refractivity contribution is 6.30. The Morgan fingerprint density at radius 1 is 1.00 bits per heavy atom. The first kappa shape index (κ1) is 14.1. The maximum atomic E-state index is 5.88. The van der Waals surface area contributed by atoms with E-state index in [2.05, 4.69) is 12.1 Å². The van der Waals surface area contributed by atoms with Crippen LogP contribution in [-0.2, 0) is 11.3 Å². The van der Waals surface area contributed by atoms with Gasteiger partial charge in [-0.2, -0.15) is 0 Å². The number of rotatable bonds is 6. The zero-order valence-electron chi connectivity index (χ0n) is 10.8. The molecule has 0 aliphatic carbocycles. The maximum Gasteiger partial charge on any atom is 0.0717 e. The second-order valence-electron chi connectivity index (χ2n) is 4.48. The van der Waals surface area contributed by atoms with Crippen molar-refractivity contribution in [3.63, 3.8) is 0 Å². The summed E-state index contributed by atoms with van der Waals surface area (Å²) < 4.78 is 5.74. The minimum atomic E-state index is 0.209. The highest BCUT2D eigenvalue weighted by Gasteiger charge is 2.09. The highest BCUT2D eigenvalue weighted by atomic mass is 35.5. The predicted molar refractivity (Wildman–Crippen MR) is 79.3 cm³/mol. The van der Waals surface area contributed by atoms with Gasteiger partial charge in [-0.3, -0.25) is 0 Å². The third-order valence-corrected chi connectivity index (χ3v) is 3.31. The van der Waals surface area contributed by atoms with Crippen molar-refractivity contribution >= 4 is 11.6 Å². The molecule has 0 aromatic heterocycles. The second kappa shape index (κ2) is 7.29. The normalized spacial score (nSPS) is 12.3. The molecular formula is C16H18ClNO. The van der Waals surface area contributed by atoms with Gasteiger partial charge in [0.2, 0.25) is 0 Å². The fourth-order valence-corrected chi connectivity index (χ4v) is 2.05. The van der Waals surface area contributed by atoms with Gasteiger partial charge in [0, 0.05) is 17.5 Å². The SMILES string of the molecule is NCC(COCc1ccccc1)c1ccc(Cl)cc1. The van der Waals surface area contributed by atoms with E-state index in [-0.39, 0.29) is 5.92 Å². The van der Waals surface area contributed by atoms with Gasteiger partial charge in [-0.1, -0.05) is 54.1 Å². The van der Waals surface area contributed by atoms with Crippen LogP contribution >= 0.6 is 11.6 Å². The number of benzene rings is 2. The first-order chi connectivity index (χ1) is 9.29. The van der Waals surface area contributed by atoms with E-state index in [1.165, 1.54) is 11.1 Å². The number of hydrogen-bond acceptors (Lipinski definition) is 2. The fraction of sp³-hybridized carbons (Fsp3) is 0.250. The fourth-order valence-electron chi connectivity index (χ4n) is 1.93. The lowest BCUT2D eigenvalue weighted by Crippen LogP contribution is -2.18. The lowest BCUT2D eigenvalue weighted by atomic mass is 10.0. The zero-order chi connectivity index (χ0) is 13.5. The standard InChI is InChI=1S/C16H18ClNO/c17-16-8-6-14(7-9-16)15(10-18)12-19-11-13-4-2-1-3-5-13/h1-9,15H,10-12,18H2. The third-order valence-electron chi connectivity index (χ3n) is 3.06. The van der Waals surface area contributed by atoms with Crippen LogP contribution in [0.4, 0.5) is 0 Å². The Labute approximate surface area is 119 Å². The third kappa shape index (κ3) is 4.35. The van der Waals surface area contributed by atoms with E-state index in [1.807, 2.05) is 42.5 Å². The van der Waals surface area contributed by atoms with Crippen LogP contribution in [0.25, 0.3) is 0 Å². The van der Waals surface area contributed by atoms with Crippen LogP contribution in [0.1, 0.15) is 17.0 Å². The van der Waals surface area contributed by atoms with Crippen molar-refractivity contribution in [2.45, 2.75) is 12.5 Å². The van der Waals surface area contributed by atoms with Crippen molar-refractivity contribution in [3.8, 4) is 0 Å². The van der Waals surface area contributed by atoms with Gasteiger partial charge >= 0.3 is 0 Å². The molecule has 2 aromatic carbocycles. The van der Waals surface area contributed by atoms with Gasteiger partial charge in [0.15, 0.2) is 0 Å². The Hall–Kier alpha value is -1.35. The molecule has 0 aliphatic rings. The molecule has 19 heavy (non-hydrogen) atoms. The van der Waals surface area contributed by atoms with Crippen LogP contribution in [0, 0.1) is 0 Å². The van der Waals surface area contributed by atoms with E-state index >= 15 is 0 Å². The Kier molecular flexibility index (Phi) is 5.40. The van der Waals surface area contributed by atoms with Crippen LogP contribution in [0.3, 0.4) is 0 Å². The Morgan fingerprint density at radius 3 is 2.32 bits per heavy atom. The van der Waals surface area contributed by atoms with Gasteiger partial charge < -0.3 is 10.5 Å². The minimum absolute atomic E-state index is 0.209. The van der Waals surface area contributed by atoms with Gasteiger partial charge in [0.05, 0.1) is 13.2 Å². The largest absolute Gasteiger partial charge is 0.376 e. The average Bonchev–Trinajstić information content (AvgIpc) is 2.46. The van der Waals surface area contributed by atoms with Crippen LogP contribution in [0.15, 0.2) is 54.6 Å². The number of hydrogen-bond donors (Lipinski definition) is 1. The second-order valence-corrected chi connectivity index (χ2v) is 4.92. The highest BCUT2D eigenvalue weighted by Crippen LogP contribution is 2.18. The molecular weight excluding hydrogens is 258 g/mol. The molecule has 0 radical (unpaired) electrons. The molecule has 100 valence electrons. The Balaban J connectivity index is 1.87. The summed E-state index contributed by atoms with van der Waals surface area (Å²) in [4.78, 5) is 0. The smallest absolute Gasteiger partial charge is 0.0717 e. The molecule has 3 heteroatoms. The van der Waals surface area contributed by atoms with Crippen LogP contribution in [0.5, 0.6) is 0 Å². The van der Waals surface area contributed by atoms with Crippen molar-refractivity contribution in [2.75, 3.05) is 13.2 Å². The molecule has 2 aromatic rings. The molecule has 2 nitrogen and oxygen atoms in total. The van der Waals surface area contributed by atoms with Crippen LogP contribution < -0.4 is 5.73 Å². The van der Waals surface area contributed by atoms with E-state index in [0.717, 1.165) is 5.02 Å². The molecule has 0 amide bonds. The molecule has 2 N–H and O–H groups in total. The van der Waals surface area contributed by atoms with Crippen molar-refractivity contribution in [2.24, 2.45) is 5.73 Å². The van der Waals surface area contributed by atoms with Gasteiger partial charge in [-0.25, -0.2) is 0 Å². The van der Waals surface area contributed by atoms with E-state index in [0.29, 0.717) is 19.8 Å². The van der Waals surface area contributed by atoms with Crippen molar-refractivity contribution < 1.29 is 4.74 Å². The van der Waals surface area contributed by atoms with E-state index in [9.17, 15) is 0 Å². The van der Waals surface area contributed by atoms with Crippen molar-refractivity contribution in [1.29, 1.82) is 0 Å². The summed E-state index contributed by atoms with van der Waals surface area (Å²) in [5.41, 5.74) is 8.15. The van der Waals surface area contributed by atoms with Gasteiger partial charge in [-0.15, -0.1) is 0 Å². The molecule has 0 fully saturated rings. The first-order valence-electron chi connectivity index (χ1n) is 6.37. The van der Waals surface area contributed by atoms with Gasteiger partial charge in [-0.05, 0) is 23.3 Å². The van der Waals surface area contributed by atoms with Crippen LogP contribution in [-0.4, -0.2) is 13.2 Å². The van der Waals surface area contributed by atoms with Crippen molar-refractivity contribution in [3.05, 3.63) is 70.7 Å². The minimum Gasteiger partial charge on any atom is -0.376 e. The summed E-state index contributed by atoms with van der Waals surface area (Å²) in [7, 11) is 0. The molecule has 1 atom stereocenters. The molecule has 0 heterocycles. The first-order valence-corrected chi connectivity index (χ1v) is 6.74. The molecule has 0 bridgehead atoms. The Bertz CT molecular complexity index is 484. The van der Waals surface area contributed by atoms with E-state index in [1.54, 1.807) is 0 Å². The Morgan fingerprint density at radius 2 is 1.68 bits per heavy atom. The quantitative estimate of drug-likeness (QED) is 0.874. The lowest BCUT2D eigenvalue weighted by molar-refractivity contribution is 0.108. The number of ether oxygens (including phenoxy) is 1. The monoisotopic (exact) mass is 275 g/mol. The summed E-state index contributed by atoms with van der Waals surface area (Å²) in [6.07, 6.45) is 0. The maximum absolute atomic E-state index is 5.88. The van der Waals surface area contributed by atoms with E-state index in [4.69, 9.17) is 22.1 Å². The topological polar surface area (TPSA) is 35.2 Å². The number of halogens is 1. The van der Waals surface area contributed by atoms with Crippen molar-refractivity contribution in [1.82, 2.24) is 0 Å². The molecule has 0 saturated carbocycles. The van der Waals surface area contributed by atoms with Gasteiger partial charge in [0.1, 0.15) is 0 Å². The summed E-state index contributed by atoms with van der Waals surface area (Å²) >= 11 is 5.88. The predicted octanol–water partition coefficient (Wildman–Crippen LogP) is 3.60. The molecule has 0 aliphatic heterocycles. The summed E-state index contributed by atoms with van der Waals surface area (Å²) in [6, 6.07) is 17.9. The number of nitrogens with two attached hydrogens (primary N) is 1. The van der Waals surface area contributed by atoms with Crippen LogP contribution in [0.2, 0.25) is 5.02 Å². The molecule has 2 rings (SSSR count). The molecule has 0 saturated heterocycles. The molecule has 0 spiro atoms. The van der Waals surface area contributed by atoms with E-state index < -0.39 is 0 Å².